The molecule has 1 fully saturated rings. The van der Waals surface area contributed by atoms with Crippen LogP contribution in [0.25, 0.3) is 10.2 Å². The summed E-state index contributed by atoms with van der Waals surface area (Å²) >= 11 is 1.31. The first-order valence-electron chi connectivity index (χ1n) is 11.0. The number of esters is 1. The van der Waals surface area contributed by atoms with Crippen LogP contribution in [-0.4, -0.2) is 48.9 Å². The number of carbonyl (C=O) groups excluding carboxylic acids is 2. The number of methoxy groups -OCH3 is 1. The van der Waals surface area contributed by atoms with Gasteiger partial charge in [-0.25, -0.2) is 8.42 Å². The van der Waals surface area contributed by atoms with Crippen LogP contribution >= 0.6 is 11.3 Å². The highest BCUT2D eigenvalue weighted by molar-refractivity contribution is 7.89. The van der Waals surface area contributed by atoms with Gasteiger partial charge in [-0.3, -0.25) is 9.59 Å². The highest BCUT2D eigenvalue weighted by Crippen LogP contribution is 2.28. The van der Waals surface area contributed by atoms with Crippen LogP contribution in [0, 0.1) is 20.8 Å². The number of carbonyl (C=O) groups is 2. The van der Waals surface area contributed by atoms with Crippen molar-refractivity contribution >= 4 is 43.5 Å². The van der Waals surface area contributed by atoms with Gasteiger partial charge < -0.3 is 9.30 Å². The first kappa shape index (κ1) is 24.3. The molecule has 0 aliphatic carbocycles. The van der Waals surface area contributed by atoms with Crippen LogP contribution < -0.4 is 4.80 Å². The Labute approximate surface area is 202 Å². The van der Waals surface area contributed by atoms with Crippen LogP contribution in [0.5, 0.6) is 0 Å². The number of sulfonamides is 1. The predicted octanol–water partition coefficient (Wildman–Crippen LogP) is 3.08. The average Bonchev–Trinajstić information content (AvgIpc) is 3.41. The number of thiazole rings is 1. The lowest BCUT2D eigenvalue weighted by molar-refractivity contribution is -0.141. The molecular weight excluding hydrogens is 474 g/mol. The van der Waals surface area contributed by atoms with Gasteiger partial charge in [-0.15, -0.1) is 0 Å². The summed E-state index contributed by atoms with van der Waals surface area (Å²) in [5.41, 5.74) is 3.77. The molecule has 0 spiro atoms. The number of aryl methyl sites for hydroxylation is 3. The van der Waals surface area contributed by atoms with Crippen LogP contribution in [0.3, 0.4) is 0 Å². The van der Waals surface area contributed by atoms with Crippen molar-refractivity contribution < 1.29 is 22.7 Å². The standard InChI is InChI=1S/C24H27N3O5S2/c1-15-7-9-18(10-8-15)34(30,31)27-11-5-6-19(27)23(29)25-24-26(14-21(28)32-4)20-13-16(2)12-17(3)22(20)33-24/h7-10,12-13,19H,5-6,11,14H2,1-4H3. The molecule has 8 nitrogen and oxygen atoms in total. The van der Waals surface area contributed by atoms with Gasteiger partial charge in [0, 0.05) is 6.54 Å². The van der Waals surface area contributed by atoms with Crippen LogP contribution in [0.1, 0.15) is 29.5 Å². The topological polar surface area (TPSA) is 98.0 Å². The fraction of sp³-hybridized carbons (Fsp3) is 0.375. The summed E-state index contributed by atoms with van der Waals surface area (Å²) in [4.78, 5) is 30.2. The Bertz CT molecular complexity index is 1440. The van der Waals surface area contributed by atoms with E-state index in [0.717, 1.165) is 26.9 Å². The highest BCUT2D eigenvalue weighted by Gasteiger charge is 2.39. The molecule has 4 rings (SSSR count). The van der Waals surface area contributed by atoms with Gasteiger partial charge in [-0.05, 0) is 62.9 Å². The van der Waals surface area contributed by atoms with E-state index in [1.807, 2.05) is 32.9 Å². The average molecular weight is 502 g/mol. The molecule has 2 heterocycles. The first-order valence-corrected chi connectivity index (χ1v) is 13.2. The molecule has 1 atom stereocenters. The third-order valence-corrected chi connectivity index (χ3v) is 9.10. The van der Waals surface area contributed by atoms with E-state index < -0.39 is 27.9 Å². The molecule has 2 aromatic carbocycles. The molecule has 34 heavy (non-hydrogen) atoms. The summed E-state index contributed by atoms with van der Waals surface area (Å²) in [6.07, 6.45) is 0.970. The molecule has 1 aliphatic rings. The van der Waals surface area contributed by atoms with Gasteiger partial charge in [0.05, 0.1) is 22.2 Å². The van der Waals surface area contributed by atoms with E-state index in [-0.39, 0.29) is 18.0 Å². The smallest absolute Gasteiger partial charge is 0.325 e. The Morgan fingerprint density at radius 3 is 2.50 bits per heavy atom. The fourth-order valence-corrected chi connectivity index (χ4v) is 6.97. The van der Waals surface area contributed by atoms with Crippen molar-refractivity contribution in [1.29, 1.82) is 0 Å². The second kappa shape index (κ2) is 9.44. The van der Waals surface area contributed by atoms with Crippen LogP contribution in [0.4, 0.5) is 0 Å². The molecule has 1 aliphatic heterocycles. The zero-order chi connectivity index (χ0) is 24.6. The molecule has 0 saturated carbocycles. The highest BCUT2D eigenvalue weighted by atomic mass is 32.2. The third kappa shape index (κ3) is 4.57. The van der Waals surface area contributed by atoms with Crippen molar-refractivity contribution in [2.45, 2.75) is 51.1 Å². The van der Waals surface area contributed by atoms with E-state index in [1.54, 1.807) is 28.8 Å². The Morgan fingerprint density at radius 2 is 1.82 bits per heavy atom. The van der Waals surface area contributed by atoms with Crippen LogP contribution in [0.15, 0.2) is 46.3 Å². The second-order valence-corrected chi connectivity index (χ2v) is 11.4. The third-order valence-electron chi connectivity index (χ3n) is 5.95. The number of hydrogen-bond donors (Lipinski definition) is 0. The summed E-state index contributed by atoms with van der Waals surface area (Å²) in [6, 6.07) is 9.68. The maximum atomic E-state index is 13.3. The molecule has 3 aromatic rings. The molecule has 1 saturated heterocycles. The zero-order valence-electron chi connectivity index (χ0n) is 19.6. The van der Waals surface area contributed by atoms with Gasteiger partial charge in [0.15, 0.2) is 4.80 Å². The number of ether oxygens (including phenoxy) is 1. The maximum Gasteiger partial charge on any atom is 0.325 e. The lowest BCUT2D eigenvalue weighted by atomic mass is 10.1. The van der Waals surface area contributed by atoms with Crippen molar-refractivity contribution in [3.8, 4) is 0 Å². The van der Waals surface area contributed by atoms with Gasteiger partial charge in [-0.1, -0.05) is 35.1 Å². The van der Waals surface area contributed by atoms with E-state index in [9.17, 15) is 18.0 Å². The quantitative estimate of drug-likeness (QED) is 0.501. The van der Waals surface area contributed by atoms with Gasteiger partial charge >= 0.3 is 5.97 Å². The summed E-state index contributed by atoms with van der Waals surface area (Å²) < 4.78 is 35.2. The normalized spacial score (nSPS) is 17.4. The lowest BCUT2D eigenvalue weighted by Crippen LogP contribution is -2.40. The molecule has 0 N–H and O–H groups in total. The van der Waals surface area contributed by atoms with Crippen molar-refractivity contribution in [1.82, 2.24) is 8.87 Å². The molecular formula is C24H27N3O5S2. The van der Waals surface area contributed by atoms with E-state index in [2.05, 4.69) is 4.99 Å². The summed E-state index contributed by atoms with van der Waals surface area (Å²) in [6.45, 7) is 5.97. The van der Waals surface area contributed by atoms with Crippen molar-refractivity contribution in [3.63, 3.8) is 0 Å². The minimum Gasteiger partial charge on any atom is -0.468 e. The van der Waals surface area contributed by atoms with Crippen LogP contribution in [-0.2, 0) is 30.9 Å². The van der Waals surface area contributed by atoms with E-state index >= 15 is 0 Å². The molecule has 10 heteroatoms. The van der Waals surface area contributed by atoms with Crippen LogP contribution in [0.2, 0.25) is 0 Å². The summed E-state index contributed by atoms with van der Waals surface area (Å²) in [5.74, 6) is -0.995. The first-order chi connectivity index (χ1) is 16.1. The minimum atomic E-state index is -3.84. The second-order valence-electron chi connectivity index (χ2n) is 8.51. The monoisotopic (exact) mass is 501 g/mol. The fourth-order valence-electron chi connectivity index (χ4n) is 4.23. The van der Waals surface area contributed by atoms with Crippen molar-refractivity contribution in [3.05, 3.63) is 57.9 Å². The maximum absolute atomic E-state index is 13.3. The van der Waals surface area contributed by atoms with Gasteiger partial charge in [-0.2, -0.15) is 9.30 Å². The van der Waals surface area contributed by atoms with Gasteiger partial charge in [0.1, 0.15) is 12.6 Å². The predicted molar refractivity (Wildman–Crippen MR) is 130 cm³/mol. The Hall–Kier alpha value is -2.82. The molecule has 0 bridgehead atoms. The molecule has 1 aromatic heterocycles. The zero-order valence-corrected chi connectivity index (χ0v) is 21.2. The number of benzene rings is 2. The summed E-state index contributed by atoms with van der Waals surface area (Å²) in [5, 5.41) is 0. The molecule has 1 amide bonds. The number of amides is 1. The number of nitrogens with zero attached hydrogens (tertiary/aromatic N) is 3. The number of aromatic nitrogens is 1. The number of rotatable bonds is 5. The number of hydrogen-bond acceptors (Lipinski definition) is 6. The molecule has 0 radical (unpaired) electrons. The molecule has 180 valence electrons. The van der Waals surface area contributed by atoms with Crippen molar-refractivity contribution in [2.75, 3.05) is 13.7 Å². The van der Waals surface area contributed by atoms with E-state index in [4.69, 9.17) is 4.74 Å². The largest absolute Gasteiger partial charge is 0.468 e. The SMILES string of the molecule is COC(=O)Cn1c(=NC(=O)C2CCCN2S(=O)(=O)c2ccc(C)cc2)sc2c(C)cc(C)cc21. The lowest BCUT2D eigenvalue weighted by Gasteiger charge is -2.21. The Balaban J connectivity index is 1.76. The minimum absolute atomic E-state index is 0.0957. The number of fused-ring (bicyclic) bond motifs is 1. The summed E-state index contributed by atoms with van der Waals surface area (Å²) in [7, 11) is -2.53. The Morgan fingerprint density at radius 1 is 1.12 bits per heavy atom. The van der Waals surface area contributed by atoms with Gasteiger partial charge in [0.2, 0.25) is 10.0 Å². The van der Waals surface area contributed by atoms with E-state index in [1.165, 1.54) is 22.8 Å². The van der Waals surface area contributed by atoms with E-state index in [0.29, 0.717) is 17.6 Å². The van der Waals surface area contributed by atoms with Crippen molar-refractivity contribution in [2.24, 2.45) is 4.99 Å². The molecule has 1 unspecified atom stereocenters. The Kier molecular flexibility index (Phi) is 6.75. The van der Waals surface area contributed by atoms with Gasteiger partial charge in [0.25, 0.3) is 5.91 Å².